The van der Waals surface area contributed by atoms with Crippen LogP contribution in [0.3, 0.4) is 0 Å². The third kappa shape index (κ3) is 2.01. The first kappa shape index (κ1) is 9.16. The lowest BCUT2D eigenvalue weighted by Gasteiger charge is -1.99. The predicted molar refractivity (Wildman–Crippen MR) is 47.7 cm³/mol. The molecule has 1 nitrogen and oxygen atoms in total. The van der Waals surface area contributed by atoms with Crippen molar-refractivity contribution < 1.29 is 9.50 Å². The molecule has 0 aliphatic heterocycles. The van der Waals surface area contributed by atoms with Crippen LogP contribution in [0.5, 0.6) is 0 Å². The van der Waals surface area contributed by atoms with Crippen LogP contribution in [0.1, 0.15) is 15.9 Å². The minimum absolute atomic E-state index is 0.678. The molecule has 0 aliphatic carbocycles. The fourth-order valence-electron chi connectivity index (χ4n) is 0.722. The smallest absolute Gasteiger partial charge is 0.120 e. The van der Waals surface area contributed by atoms with E-state index in [4.69, 9.17) is 5.11 Å². The first-order chi connectivity index (χ1) is 5.15. The summed E-state index contributed by atoms with van der Waals surface area (Å²) in [6.45, 7) is 1.20. The van der Waals surface area contributed by atoms with Crippen molar-refractivity contribution in [2.45, 2.75) is 13.0 Å². The fourth-order valence-corrected chi connectivity index (χ4v) is 2.25. The maximum Gasteiger partial charge on any atom is 0.120 e. The number of hydrogen-bond donors (Lipinski definition) is 1. The lowest BCUT2D eigenvalue weighted by Crippen LogP contribution is -1.94. The van der Waals surface area contributed by atoms with Gasteiger partial charge in [0.2, 0.25) is 0 Å². The molecule has 1 rings (SSSR count). The topological polar surface area (TPSA) is 20.2 Å². The van der Waals surface area contributed by atoms with Crippen LogP contribution in [-0.4, -0.2) is 11.8 Å². The van der Waals surface area contributed by atoms with E-state index in [0.29, 0.717) is 4.88 Å². The van der Waals surface area contributed by atoms with E-state index >= 15 is 0 Å². The first-order valence-corrected chi connectivity index (χ1v) is 4.76. The number of aliphatic hydroxyl groups is 1. The van der Waals surface area contributed by atoms with Crippen LogP contribution in [0, 0.1) is 6.92 Å². The molecule has 1 aromatic rings. The number of halogens is 2. The zero-order valence-electron chi connectivity index (χ0n) is 5.97. The van der Waals surface area contributed by atoms with Crippen molar-refractivity contribution in [1.29, 1.82) is 0 Å². The van der Waals surface area contributed by atoms with Gasteiger partial charge in [-0.15, -0.1) is 11.3 Å². The molecule has 11 heavy (non-hydrogen) atoms. The van der Waals surface area contributed by atoms with Crippen LogP contribution in [0.2, 0.25) is 0 Å². The quantitative estimate of drug-likeness (QED) is 0.841. The molecule has 1 atom stereocenters. The second kappa shape index (κ2) is 3.65. The fraction of sp³-hybridized carbons (Fsp3) is 0.429. The SMILES string of the molecule is Cc1sc(C(O)CF)cc1Br. The van der Waals surface area contributed by atoms with Gasteiger partial charge in [0, 0.05) is 14.2 Å². The zero-order chi connectivity index (χ0) is 8.43. The third-order valence-corrected chi connectivity index (χ3v) is 3.59. The molecule has 0 spiro atoms. The standard InChI is InChI=1S/C7H8BrFOS/c1-4-5(8)2-7(11-4)6(10)3-9/h2,6,10H,3H2,1H3. The van der Waals surface area contributed by atoms with Gasteiger partial charge in [-0.3, -0.25) is 0 Å². The molecule has 1 unspecified atom stereocenters. The summed E-state index contributed by atoms with van der Waals surface area (Å²) in [5.74, 6) is 0. The van der Waals surface area contributed by atoms with Gasteiger partial charge in [-0.25, -0.2) is 4.39 Å². The van der Waals surface area contributed by atoms with Gasteiger partial charge in [0.15, 0.2) is 0 Å². The minimum atomic E-state index is -0.954. The van der Waals surface area contributed by atoms with E-state index in [1.807, 2.05) is 6.92 Å². The van der Waals surface area contributed by atoms with Crippen LogP contribution in [-0.2, 0) is 0 Å². The molecule has 0 saturated carbocycles. The van der Waals surface area contributed by atoms with E-state index in [9.17, 15) is 4.39 Å². The summed E-state index contributed by atoms with van der Waals surface area (Å²) in [5.41, 5.74) is 0. The summed E-state index contributed by atoms with van der Waals surface area (Å²) >= 11 is 4.70. The van der Waals surface area contributed by atoms with Gasteiger partial charge in [-0.1, -0.05) is 0 Å². The Balaban J connectivity index is 2.88. The maximum absolute atomic E-state index is 12.0. The van der Waals surface area contributed by atoms with Crippen molar-refractivity contribution in [2.24, 2.45) is 0 Å². The summed E-state index contributed by atoms with van der Waals surface area (Å²) in [4.78, 5) is 1.74. The molecule has 0 aromatic carbocycles. The minimum Gasteiger partial charge on any atom is -0.385 e. The highest BCUT2D eigenvalue weighted by molar-refractivity contribution is 9.10. The van der Waals surface area contributed by atoms with Crippen molar-refractivity contribution in [3.8, 4) is 0 Å². The molecular formula is C7H8BrFOS. The Morgan fingerprint density at radius 3 is 2.82 bits per heavy atom. The van der Waals surface area contributed by atoms with Gasteiger partial charge >= 0.3 is 0 Å². The van der Waals surface area contributed by atoms with E-state index in [0.717, 1.165) is 9.35 Å². The first-order valence-electron chi connectivity index (χ1n) is 3.15. The van der Waals surface area contributed by atoms with Gasteiger partial charge in [0.25, 0.3) is 0 Å². The number of aryl methyl sites for hydroxylation is 1. The van der Waals surface area contributed by atoms with E-state index in [2.05, 4.69) is 15.9 Å². The monoisotopic (exact) mass is 238 g/mol. The molecule has 4 heteroatoms. The van der Waals surface area contributed by atoms with Gasteiger partial charge in [0.05, 0.1) is 0 Å². The van der Waals surface area contributed by atoms with Crippen molar-refractivity contribution in [1.82, 2.24) is 0 Å². The molecule has 1 N–H and O–H groups in total. The number of thiophene rings is 1. The maximum atomic E-state index is 12.0. The van der Waals surface area contributed by atoms with Gasteiger partial charge in [-0.05, 0) is 28.9 Å². The van der Waals surface area contributed by atoms with Crippen molar-refractivity contribution >= 4 is 27.3 Å². The predicted octanol–water partition coefficient (Wildman–Crippen LogP) is 2.82. The number of hydrogen-bond acceptors (Lipinski definition) is 2. The third-order valence-electron chi connectivity index (χ3n) is 1.35. The highest BCUT2D eigenvalue weighted by atomic mass is 79.9. The van der Waals surface area contributed by atoms with E-state index in [1.54, 1.807) is 6.07 Å². The Labute approximate surface area is 77.0 Å². The summed E-state index contributed by atoms with van der Waals surface area (Å²) in [6, 6.07) is 1.75. The second-order valence-electron chi connectivity index (χ2n) is 2.22. The zero-order valence-corrected chi connectivity index (χ0v) is 8.38. The average molecular weight is 239 g/mol. The van der Waals surface area contributed by atoms with Crippen LogP contribution in [0.4, 0.5) is 4.39 Å². The Bertz CT molecular complexity index is 229. The number of rotatable bonds is 2. The highest BCUT2D eigenvalue weighted by Crippen LogP contribution is 2.30. The molecule has 0 bridgehead atoms. The molecule has 0 aliphatic rings. The second-order valence-corrected chi connectivity index (χ2v) is 4.37. The number of alkyl halides is 1. The lowest BCUT2D eigenvalue weighted by atomic mass is 10.3. The summed E-state index contributed by atoms with van der Waals surface area (Å²) in [6.07, 6.45) is -0.954. The Kier molecular flexibility index (Phi) is 3.04. The lowest BCUT2D eigenvalue weighted by molar-refractivity contribution is 0.145. The molecule has 62 valence electrons. The van der Waals surface area contributed by atoms with Crippen LogP contribution in [0.25, 0.3) is 0 Å². The highest BCUT2D eigenvalue weighted by Gasteiger charge is 2.11. The Morgan fingerprint density at radius 1 is 1.82 bits per heavy atom. The van der Waals surface area contributed by atoms with Crippen molar-refractivity contribution in [3.05, 3.63) is 20.3 Å². The largest absolute Gasteiger partial charge is 0.385 e. The molecule has 0 radical (unpaired) electrons. The van der Waals surface area contributed by atoms with Gasteiger partial charge in [0.1, 0.15) is 12.8 Å². The van der Waals surface area contributed by atoms with Crippen LogP contribution >= 0.6 is 27.3 Å². The molecule has 0 amide bonds. The van der Waals surface area contributed by atoms with Gasteiger partial charge in [-0.2, -0.15) is 0 Å². The van der Waals surface area contributed by atoms with E-state index < -0.39 is 12.8 Å². The van der Waals surface area contributed by atoms with Crippen LogP contribution < -0.4 is 0 Å². The average Bonchev–Trinajstić information content (AvgIpc) is 2.31. The number of aliphatic hydroxyl groups excluding tert-OH is 1. The Hall–Kier alpha value is 0.0700. The van der Waals surface area contributed by atoms with E-state index in [-0.39, 0.29) is 0 Å². The molecule has 1 heterocycles. The molecule has 1 aromatic heterocycles. The van der Waals surface area contributed by atoms with Crippen molar-refractivity contribution in [2.75, 3.05) is 6.67 Å². The molecular weight excluding hydrogens is 231 g/mol. The normalized spacial score (nSPS) is 13.5. The van der Waals surface area contributed by atoms with Gasteiger partial charge < -0.3 is 5.11 Å². The Morgan fingerprint density at radius 2 is 2.45 bits per heavy atom. The summed E-state index contributed by atoms with van der Waals surface area (Å²) in [5, 5.41) is 9.08. The van der Waals surface area contributed by atoms with E-state index in [1.165, 1.54) is 11.3 Å². The van der Waals surface area contributed by atoms with Crippen molar-refractivity contribution in [3.63, 3.8) is 0 Å². The van der Waals surface area contributed by atoms with Crippen LogP contribution in [0.15, 0.2) is 10.5 Å². The molecule has 0 fully saturated rings. The summed E-state index contributed by atoms with van der Waals surface area (Å²) < 4.78 is 12.9. The molecule has 0 saturated heterocycles. The summed E-state index contributed by atoms with van der Waals surface area (Å²) in [7, 11) is 0.